The molecule has 3 saturated carbocycles. The van der Waals surface area contributed by atoms with Gasteiger partial charge in [-0.25, -0.2) is 0 Å². The third-order valence-corrected chi connectivity index (χ3v) is 12.5. The number of carbonyl (C=O) groups excluding carboxylic acids is 3. The highest BCUT2D eigenvalue weighted by Gasteiger charge is 2.67. The molecule has 5 aliphatic rings. The Morgan fingerprint density at radius 1 is 0.950 bits per heavy atom. The minimum atomic E-state index is -0.619. The van der Waals surface area contributed by atoms with Crippen LogP contribution in [0.3, 0.4) is 0 Å². The second-order valence-corrected chi connectivity index (χ2v) is 14.2. The van der Waals surface area contributed by atoms with Crippen molar-refractivity contribution in [1.82, 2.24) is 0 Å². The maximum Gasteiger partial charge on any atom is 0.311 e. The zero-order valence-corrected chi connectivity index (χ0v) is 24.3. The first-order valence-electron chi connectivity index (χ1n) is 14.4. The molecule has 0 saturated heterocycles. The Balaban J connectivity index is 1.60. The molecule has 40 heavy (non-hydrogen) atoms. The molecule has 5 aliphatic carbocycles. The van der Waals surface area contributed by atoms with Gasteiger partial charge in [0.25, 0.3) is 0 Å². The second-order valence-electron chi connectivity index (χ2n) is 14.2. The van der Waals surface area contributed by atoms with Crippen molar-refractivity contribution in [3.8, 4) is 12.1 Å². The number of ketones is 2. The molecular formula is C34H36N2O4. The second kappa shape index (κ2) is 8.03. The zero-order chi connectivity index (χ0) is 29.0. The number of nitriles is 2. The monoisotopic (exact) mass is 536 g/mol. The summed E-state index contributed by atoms with van der Waals surface area (Å²) in [6, 6.07) is 5.76. The first kappa shape index (κ1) is 26.7. The fourth-order valence-electron chi connectivity index (χ4n) is 9.72. The number of methoxy groups -OCH3 is 1. The summed E-state index contributed by atoms with van der Waals surface area (Å²) in [5, 5.41) is 20.0. The summed E-state index contributed by atoms with van der Waals surface area (Å²) < 4.78 is 5.28. The standard InChI is InChI=1S/C34H36N2O4/c1-30-7-8-31(2,29(39)40-6)16-26(30)34(5)12-10-32(3)23-15-24(37)28(38)21-13-19(17-35)22(18-36)20(27(21)23)14-25(32)33(34,4)11-9-30/h13-15,26H,7-12,16H2,1-6H3. The summed E-state index contributed by atoms with van der Waals surface area (Å²) in [4.78, 5) is 39.0. The molecule has 6 unspecified atom stereocenters. The van der Waals surface area contributed by atoms with E-state index in [1.807, 2.05) is 0 Å². The molecule has 0 bridgehead atoms. The zero-order valence-electron chi connectivity index (χ0n) is 24.3. The van der Waals surface area contributed by atoms with E-state index in [-0.39, 0.29) is 44.8 Å². The van der Waals surface area contributed by atoms with Crippen LogP contribution in [-0.2, 0) is 14.3 Å². The Morgan fingerprint density at radius 2 is 1.65 bits per heavy atom. The number of nitrogens with zero attached hydrogens (tertiary/aromatic N) is 2. The Kier molecular flexibility index (Phi) is 5.36. The maximum absolute atomic E-state index is 13.0. The smallest absolute Gasteiger partial charge is 0.311 e. The Labute approximate surface area is 236 Å². The van der Waals surface area contributed by atoms with Gasteiger partial charge in [0.2, 0.25) is 11.6 Å². The number of Topliss-reactive ketones (excluding diaryl/α,β-unsaturated/α-hetero) is 1. The normalized spacial score (nSPS) is 39.2. The maximum atomic E-state index is 13.0. The summed E-state index contributed by atoms with van der Waals surface area (Å²) in [6.45, 7) is 11.4. The van der Waals surface area contributed by atoms with Crippen LogP contribution in [0.5, 0.6) is 0 Å². The van der Waals surface area contributed by atoms with E-state index >= 15 is 0 Å². The molecule has 206 valence electrons. The summed E-state index contributed by atoms with van der Waals surface area (Å²) in [5.74, 6) is -1.04. The van der Waals surface area contributed by atoms with Crippen molar-refractivity contribution < 1.29 is 19.1 Å². The summed E-state index contributed by atoms with van der Waals surface area (Å²) >= 11 is 0. The number of ether oxygens (including phenoxy) is 1. The van der Waals surface area contributed by atoms with Gasteiger partial charge < -0.3 is 4.74 Å². The van der Waals surface area contributed by atoms with Crippen molar-refractivity contribution in [2.24, 2.45) is 33.0 Å². The van der Waals surface area contributed by atoms with Crippen molar-refractivity contribution in [3.63, 3.8) is 0 Å². The van der Waals surface area contributed by atoms with Crippen LogP contribution in [0.15, 0.2) is 17.7 Å². The topological polar surface area (TPSA) is 108 Å². The molecule has 3 fully saturated rings. The number of fused-ring (bicyclic) bond motifs is 6. The van der Waals surface area contributed by atoms with E-state index in [1.54, 1.807) is 0 Å². The molecule has 6 nitrogen and oxygen atoms in total. The molecule has 6 atom stereocenters. The molecule has 1 aromatic carbocycles. The molecule has 0 amide bonds. The minimum absolute atomic E-state index is 0.105. The lowest BCUT2D eigenvalue weighted by molar-refractivity contribution is -0.179. The van der Waals surface area contributed by atoms with Crippen LogP contribution in [0, 0.1) is 55.7 Å². The largest absolute Gasteiger partial charge is 0.469 e. The summed E-state index contributed by atoms with van der Waals surface area (Å²) in [5.41, 5.74) is 2.52. The number of allylic oxidation sites excluding steroid dienone is 3. The third kappa shape index (κ3) is 3.00. The average molecular weight is 537 g/mol. The van der Waals surface area contributed by atoms with Gasteiger partial charge in [0, 0.05) is 16.5 Å². The van der Waals surface area contributed by atoms with Gasteiger partial charge in [-0.15, -0.1) is 0 Å². The molecule has 0 spiro atoms. The van der Waals surface area contributed by atoms with Gasteiger partial charge in [-0.1, -0.05) is 39.3 Å². The molecule has 6 rings (SSSR count). The van der Waals surface area contributed by atoms with Gasteiger partial charge in [-0.05, 0) is 97.3 Å². The summed E-state index contributed by atoms with van der Waals surface area (Å²) in [6.07, 6.45) is 9.85. The van der Waals surface area contributed by atoms with Crippen LogP contribution < -0.4 is 0 Å². The molecule has 0 aliphatic heterocycles. The molecular weight excluding hydrogens is 500 g/mol. The molecule has 0 aromatic heterocycles. The molecule has 1 aromatic rings. The number of hydrogen-bond donors (Lipinski definition) is 0. The van der Waals surface area contributed by atoms with E-state index in [0.29, 0.717) is 11.1 Å². The predicted octanol–water partition coefficient (Wildman–Crippen LogP) is 6.57. The van der Waals surface area contributed by atoms with Crippen molar-refractivity contribution in [1.29, 1.82) is 10.5 Å². The van der Waals surface area contributed by atoms with Gasteiger partial charge >= 0.3 is 5.97 Å². The highest BCUT2D eigenvalue weighted by Crippen LogP contribution is 2.76. The van der Waals surface area contributed by atoms with Crippen LogP contribution in [0.25, 0.3) is 11.6 Å². The van der Waals surface area contributed by atoms with Gasteiger partial charge in [0.15, 0.2) is 0 Å². The van der Waals surface area contributed by atoms with Gasteiger partial charge in [-0.2, -0.15) is 10.5 Å². The first-order chi connectivity index (χ1) is 18.7. The lowest BCUT2D eigenvalue weighted by atomic mass is 9.34. The van der Waals surface area contributed by atoms with Crippen LogP contribution >= 0.6 is 0 Å². The van der Waals surface area contributed by atoms with Crippen molar-refractivity contribution in [2.75, 3.05) is 7.11 Å². The van der Waals surface area contributed by atoms with E-state index in [4.69, 9.17) is 4.74 Å². The van der Waals surface area contributed by atoms with E-state index in [9.17, 15) is 24.9 Å². The van der Waals surface area contributed by atoms with Gasteiger partial charge in [0.05, 0.1) is 23.7 Å². The quantitative estimate of drug-likeness (QED) is 0.297. The average Bonchev–Trinajstić information content (AvgIpc) is 2.93. The predicted molar refractivity (Wildman–Crippen MR) is 150 cm³/mol. The van der Waals surface area contributed by atoms with Crippen LogP contribution in [0.4, 0.5) is 0 Å². The highest BCUT2D eigenvalue weighted by atomic mass is 16.5. The van der Waals surface area contributed by atoms with Crippen molar-refractivity contribution in [2.45, 2.75) is 79.6 Å². The highest BCUT2D eigenvalue weighted by molar-refractivity contribution is 6.51. The number of carbonyl (C=O) groups is 3. The number of esters is 1. The lowest BCUT2D eigenvalue weighted by Gasteiger charge is -2.70. The van der Waals surface area contributed by atoms with Gasteiger partial charge in [-0.3, -0.25) is 14.4 Å². The van der Waals surface area contributed by atoms with Crippen molar-refractivity contribution in [3.05, 3.63) is 45.5 Å². The van der Waals surface area contributed by atoms with E-state index in [0.717, 1.165) is 50.5 Å². The van der Waals surface area contributed by atoms with E-state index in [2.05, 4.69) is 52.8 Å². The molecule has 0 N–H and O–H groups in total. The fraction of sp³-hybridized carbons (Fsp3) is 0.559. The Hall–Kier alpha value is -3.51. The number of rotatable bonds is 1. The lowest BCUT2D eigenvalue weighted by Crippen LogP contribution is -2.62. The Bertz CT molecular complexity index is 1590. The first-order valence-corrected chi connectivity index (χ1v) is 14.4. The number of hydrogen-bond acceptors (Lipinski definition) is 6. The number of benzene rings is 1. The van der Waals surface area contributed by atoms with Crippen molar-refractivity contribution >= 4 is 29.2 Å². The third-order valence-electron chi connectivity index (χ3n) is 12.5. The Morgan fingerprint density at radius 3 is 2.30 bits per heavy atom. The van der Waals surface area contributed by atoms with E-state index < -0.39 is 22.4 Å². The SMILES string of the molecule is COC(=O)C1(C)CCC2(C)CCC3(C)C4=Cc5c(C#N)c(C#N)cc6c5C(=CC(=O)C6=O)C4(C)CCC3(C)C2C1. The summed E-state index contributed by atoms with van der Waals surface area (Å²) in [7, 11) is 1.48. The molecule has 0 radical (unpaired) electrons. The van der Waals surface area contributed by atoms with Gasteiger partial charge in [0.1, 0.15) is 12.1 Å². The van der Waals surface area contributed by atoms with E-state index in [1.165, 1.54) is 24.8 Å². The molecule has 0 heterocycles. The van der Waals surface area contributed by atoms with Crippen LogP contribution in [0.1, 0.15) is 112 Å². The fourth-order valence-corrected chi connectivity index (χ4v) is 9.72. The van der Waals surface area contributed by atoms with Crippen LogP contribution in [-0.4, -0.2) is 24.6 Å². The van der Waals surface area contributed by atoms with Crippen LogP contribution in [0.2, 0.25) is 0 Å². The minimum Gasteiger partial charge on any atom is -0.469 e. The molecule has 6 heteroatoms.